The van der Waals surface area contributed by atoms with Gasteiger partial charge >= 0.3 is 0 Å². The van der Waals surface area contributed by atoms with Crippen molar-refractivity contribution in [3.8, 4) is 5.75 Å². The Balaban J connectivity index is 3.12. The summed E-state index contributed by atoms with van der Waals surface area (Å²) in [6.07, 6.45) is 0. The highest BCUT2D eigenvalue weighted by Gasteiger charge is 2.08. The van der Waals surface area contributed by atoms with Crippen LogP contribution in [0.1, 0.15) is 12.5 Å². The molecule has 0 saturated carbocycles. The van der Waals surface area contributed by atoms with Crippen molar-refractivity contribution < 1.29 is 9.53 Å². The first-order valence-corrected chi connectivity index (χ1v) is 4.32. The molecule has 0 aliphatic heterocycles. The maximum absolute atomic E-state index is 10.9. The number of methoxy groups -OCH3 is 1. The van der Waals surface area contributed by atoms with Crippen LogP contribution >= 0.6 is 0 Å². The molecule has 0 heterocycles. The number of para-hydroxylation sites is 1. The molecular weight excluding hydrogens is 180 g/mol. The minimum absolute atomic E-state index is 0.135. The fourth-order valence-corrected chi connectivity index (χ4v) is 1.23. The molecule has 0 fully saturated rings. The Morgan fingerprint density at radius 2 is 2.29 bits per heavy atom. The van der Waals surface area contributed by atoms with Gasteiger partial charge in [0, 0.05) is 13.5 Å². The summed E-state index contributed by atoms with van der Waals surface area (Å²) in [4.78, 5) is 10.9. The highest BCUT2D eigenvalue weighted by atomic mass is 16.5. The van der Waals surface area contributed by atoms with E-state index >= 15 is 0 Å². The Labute approximate surface area is 83.1 Å². The van der Waals surface area contributed by atoms with Crippen LogP contribution < -0.4 is 15.8 Å². The van der Waals surface area contributed by atoms with Gasteiger partial charge < -0.3 is 15.8 Å². The Hall–Kier alpha value is -1.55. The normalized spacial score (nSPS) is 9.64. The maximum Gasteiger partial charge on any atom is 0.221 e. The number of hydrogen-bond acceptors (Lipinski definition) is 3. The summed E-state index contributed by atoms with van der Waals surface area (Å²) in [5, 5.41) is 2.70. The topological polar surface area (TPSA) is 64.3 Å². The lowest BCUT2D eigenvalue weighted by Gasteiger charge is -2.12. The molecule has 1 aromatic rings. The first-order chi connectivity index (χ1) is 6.69. The van der Waals surface area contributed by atoms with Crippen LogP contribution in [0.4, 0.5) is 5.69 Å². The molecule has 1 rings (SSSR count). The molecule has 0 aliphatic carbocycles. The molecule has 14 heavy (non-hydrogen) atoms. The summed E-state index contributed by atoms with van der Waals surface area (Å²) >= 11 is 0. The van der Waals surface area contributed by atoms with E-state index in [-0.39, 0.29) is 5.91 Å². The molecule has 0 saturated heterocycles. The van der Waals surface area contributed by atoms with Gasteiger partial charge in [-0.3, -0.25) is 4.79 Å². The number of carbonyl (C=O) groups is 1. The Kier molecular flexibility index (Phi) is 3.48. The van der Waals surface area contributed by atoms with Crippen LogP contribution in [0.5, 0.6) is 5.75 Å². The van der Waals surface area contributed by atoms with Crippen molar-refractivity contribution in [1.29, 1.82) is 0 Å². The van der Waals surface area contributed by atoms with Gasteiger partial charge in [-0.25, -0.2) is 0 Å². The number of amides is 1. The number of anilines is 1. The van der Waals surface area contributed by atoms with E-state index in [1.807, 2.05) is 12.1 Å². The first kappa shape index (κ1) is 10.5. The summed E-state index contributed by atoms with van der Waals surface area (Å²) < 4.78 is 5.12. The summed E-state index contributed by atoms with van der Waals surface area (Å²) in [7, 11) is 1.56. The van der Waals surface area contributed by atoms with E-state index < -0.39 is 0 Å². The molecule has 1 amide bonds. The van der Waals surface area contributed by atoms with Crippen molar-refractivity contribution >= 4 is 11.6 Å². The number of carbonyl (C=O) groups excluding carboxylic acids is 1. The molecule has 0 bridgehead atoms. The van der Waals surface area contributed by atoms with Crippen molar-refractivity contribution in [2.75, 3.05) is 12.4 Å². The fourth-order valence-electron chi connectivity index (χ4n) is 1.23. The standard InChI is InChI=1S/C10H14N2O2/c1-7(13)12-10-8(6-11)4-3-5-9(10)14-2/h3-5H,6,11H2,1-2H3,(H,12,13). The Morgan fingerprint density at radius 1 is 1.57 bits per heavy atom. The molecule has 4 heteroatoms. The quantitative estimate of drug-likeness (QED) is 0.757. The third kappa shape index (κ3) is 2.23. The number of nitrogens with one attached hydrogen (secondary N) is 1. The van der Waals surface area contributed by atoms with Crippen molar-refractivity contribution in [1.82, 2.24) is 0 Å². The van der Waals surface area contributed by atoms with E-state index in [0.29, 0.717) is 18.0 Å². The molecule has 76 valence electrons. The predicted molar refractivity (Wildman–Crippen MR) is 55.2 cm³/mol. The monoisotopic (exact) mass is 194 g/mol. The summed E-state index contributed by atoms with van der Waals surface area (Å²) in [5.41, 5.74) is 7.06. The third-order valence-corrected chi connectivity index (χ3v) is 1.85. The first-order valence-electron chi connectivity index (χ1n) is 4.32. The minimum Gasteiger partial charge on any atom is -0.495 e. The van der Waals surface area contributed by atoms with Crippen LogP contribution in [0.15, 0.2) is 18.2 Å². The summed E-state index contributed by atoms with van der Waals surface area (Å²) in [5.74, 6) is 0.493. The SMILES string of the molecule is COc1cccc(CN)c1NC(C)=O. The highest BCUT2D eigenvalue weighted by Crippen LogP contribution is 2.27. The second-order valence-corrected chi connectivity index (χ2v) is 2.88. The van der Waals surface area contributed by atoms with Gasteiger partial charge in [-0.1, -0.05) is 12.1 Å². The van der Waals surface area contributed by atoms with Crippen LogP contribution in [0.2, 0.25) is 0 Å². The zero-order chi connectivity index (χ0) is 10.6. The molecule has 1 aromatic carbocycles. The largest absolute Gasteiger partial charge is 0.495 e. The van der Waals surface area contributed by atoms with E-state index in [4.69, 9.17) is 10.5 Å². The molecular formula is C10H14N2O2. The van der Waals surface area contributed by atoms with E-state index in [9.17, 15) is 4.79 Å². The lowest BCUT2D eigenvalue weighted by Crippen LogP contribution is -2.11. The maximum atomic E-state index is 10.9. The smallest absolute Gasteiger partial charge is 0.221 e. The molecule has 0 atom stereocenters. The van der Waals surface area contributed by atoms with Gasteiger partial charge in [0.2, 0.25) is 5.91 Å². The van der Waals surface area contributed by atoms with Crippen LogP contribution in [0, 0.1) is 0 Å². The van der Waals surface area contributed by atoms with E-state index in [0.717, 1.165) is 5.56 Å². The average molecular weight is 194 g/mol. The molecule has 4 nitrogen and oxygen atoms in total. The van der Waals surface area contributed by atoms with Crippen molar-refractivity contribution in [2.24, 2.45) is 5.73 Å². The lowest BCUT2D eigenvalue weighted by atomic mass is 10.1. The van der Waals surface area contributed by atoms with Crippen LogP contribution in [-0.2, 0) is 11.3 Å². The van der Waals surface area contributed by atoms with Crippen LogP contribution in [-0.4, -0.2) is 13.0 Å². The molecule has 0 aliphatic rings. The van der Waals surface area contributed by atoms with Gasteiger partial charge in [-0.05, 0) is 11.6 Å². The van der Waals surface area contributed by atoms with Crippen molar-refractivity contribution in [3.63, 3.8) is 0 Å². The third-order valence-electron chi connectivity index (χ3n) is 1.85. The van der Waals surface area contributed by atoms with Gasteiger partial charge in [-0.15, -0.1) is 0 Å². The minimum atomic E-state index is -0.135. The van der Waals surface area contributed by atoms with Crippen LogP contribution in [0.3, 0.4) is 0 Å². The molecule has 0 aromatic heterocycles. The van der Waals surface area contributed by atoms with Gasteiger partial charge in [0.1, 0.15) is 5.75 Å². The highest BCUT2D eigenvalue weighted by molar-refractivity contribution is 5.91. The molecule has 0 radical (unpaired) electrons. The van der Waals surface area contributed by atoms with Gasteiger partial charge in [0.15, 0.2) is 0 Å². The number of ether oxygens (including phenoxy) is 1. The van der Waals surface area contributed by atoms with E-state index in [1.165, 1.54) is 6.92 Å². The Bertz CT molecular complexity index is 315. The second kappa shape index (κ2) is 4.62. The fraction of sp³-hybridized carbons (Fsp3) is 0.300. The molecule has 3 N–H and O–H groups in total. The van der Waals surface area contributed by atoms with Gasteiger partial charge in [0.25, 0.3) is 0 Å². The Morgan fingerprint density at radius 3 is 2.79 bits per heavy atom. The number of benzene rings is 1. The summed E-state index contributed by atoms with van der Waals surface area (Å²) in [6.45, 7) is 1.82. The second-order valence-electron chi connectivity index (χ2n) is 2.88. The van der Waals surface area contributed by atoms with Crippen molar-refractivity contribution in [2.45, 2.75) is 13.5 Å². The van der Waals surface area contributed by atoms with E-state index in [1.54, 1.807) is 13.2 Å². The van der Waals surface area contributed by atoms with Gasteiger partial charge in [0.05, 0.1) is 12.8 Å². The zero-order valence-electron chi connectivity index (χ0n) is 8.33. The zero-order valence-corrected chi connectivity index (χ0v) is 8.33. The predicted octanol–water partition coefficient (Wildman–Crippen LogP) is 1.11. The number of rotatable bonds is 3. The van der Waals surface area contributed by atoms with E-state index in [2.05, 4.69) is 5.32 Å². The lowest BCUT2D eigenvalue weighted by molar-refractivity contribution is -0.114. The number of hydrogen-bond donors (Lipinski definition) is 2. The number of nitrogens with two attached hydrogens (primary N) is 1. The molecule has 0 spiro atoms. The molecule has 0 unspecified atom stereocenters. The average Bonchev–Trinajstić information content (AvgIpc) is 2.17. The summed E-state index contributed by atoms with van der Waals surface area (Å²) in [6, 6.07) is 5.48. The van der Waals surface area contributed by atoms with Crippen molar-refractivity contribution in [3.05, 3.63) is 23.8 Å². The van der Waals surface area contributed by atoms with Gasteiger partial charge in [-0.2, -0.15) is 0 Å². The van der Waals surface area contributed by atoms with Crippen LogP contribution in [0.25, 0.3) is 0 Å².